The summed E-state index contributed by atoms with van der Waals surface area (Å²) in [7, 11) is 0. The van der Waals surface area contributed by atoms with Gasteiger partial charge >= 0.3 is 0 Å². The molecule has 1 heterocycles. The summed E-state index contributed by atoms with van der Waals surface area (Å²) in [6, 6.07) is 4.79. The number of rotatable bonds is 5. The minimum absolute atomic E-state index is 0.124. The predicted molar refractivity (Wildman–Crippen MR) is 79.9 cm³/mol. The van der Waals surface area contributed by atoms with E-state index in [1.807, 2.05) is 0 Å². The molecule has 6 heteroatoms. The summed E-state index contributed by atoms with van der Waals surface area (Å²) in [5, 5.41) is 10.8. The Bertz CT molecular complexity index is 549. The van der Waals surface area contributed by atoms with Crippen molar-refractivity contribution >= 4 is 17.7 Å². The molecule has 0 unspecified atom stereocenters. The maximum absolute atomic E-state index is 11.0. The van der Waals surface area contributed by atoms with Crippen LogP contribution in [0.4, 0.5) is 11.4 Å². The van der Waals surface area contributed by atoms with Gasteiger partial charge in [-0.3, -0.25) is 19.8 Å². The van der Waals surface area contributed by atoms with Crippen molar-refractivity contribution in [3.8, 4) is 0 Å². The fourth-order valence-electron chi connectivity index (χ4n) is 2.85. The van der Waals surface area contributed by atoms with Crippen molar-refractivity contribution in [2.75, 3.05) is 37.6 Å². The normalized spacial score (nSPS) is 19.5. The molecule has 0 spiro atoms. The van der Waals surface area contributed by atoms with E-state index in [1.165, 1.54) is 25.5 Å². The summed E-state index contributed by atoms with van der Waals surface area (Å²) in [6.07, 6.45) is 3.29. The molecule has 2 aliphatic rings. The maximum Gasteiger partial charge on any atom is 0.280 e. The number of piperazine rings is 1. The molecule has 1 aliphatic heterocycles. The molecular formula is C15H19N3O3. The highest BCUT2D eigenvalue weighted by atomic mass is 16.6. The lowest BCUT2D eigenvalue weighted by atomic mass is 10.1. The van der Waals surface area contributed by atoms with Crippen LogP contribution in [0.3, 0.4) is 0 Å². The average molecular weight is 289 g/mol. The molecule has 0 atom stereocenters. The Morgan fingerprint density at radius 1 is 1.24 bits per heavy atom. The minimum atomic E-state index is -0.513. The van der Waals surface area contributed by atoms with Gasteiger partial charge in [-0.15, -0.1) is 0 Å². The van der Waals surface area contributed by atoms with E-state index >= 15 is 0 Å². The lowest BCUT2D eigenvalue weighted by molar-refractivity contribution is -0.385. The van der Waals surface area contributed by atoms with Crippen molar-refractivity contribution in [3.63, 3.8) is 0 Å². The standard InChI is InChI=1S/C15H19N3O3/c19-11-13-9-14(3-4-15(13)18(20)21)17-7-5-16(6-8-17)10-12-1-2-12/h3-4,9,11-12H,1-2,5-8,10H2. The zero-order chi connectivity index (χ0) is 14.8. The van der Waals surface area contributed by atoms with Crippen molar-refractivity contribution in [2.45, 2.75) is 12.8 Å². The van der Waals surface area contributed by atoms with Gasteiger partial charge in [0.25, 0.3) is 5.69 Å². The van der Waals surface area contributed by atoms with E-state index in [-0.39, 0.29) is 11.3 Å². The van der Waals surface area contributed by atoms with Crippen molar-refractivity contribution in [1.82, 2.24) is 4.90 Å². The highest BCUT2D eigenvalue weighted by Crippen LogP contribution is 2.30. The van der Waals surface area contributed by atoms with Crippen LogP contribution in [0.5, 0.6) is 0 Å². The van der Waals surface area contributed by atoms with Crippen LogP contribution in [0.15, 0.2) is 18.2 Å². The van der Waals surface area contributed by atoms with Crippen molar-refractivity contribution in [1.29, 1.82) is 0 Å². The van der Waals surface area contributed by atoms with E-state index in [1.54, 1.807) is 12.1 Å². The van der Waals surface area contributed by atoms with Crippen LogP contribution in [0, 0.1) is 16.0 Å². The smallest absolute Gasteiger partial charge is 0.280 e. The largest absolute Gasteiger partial charge is 0.369 e. The molecule has 2 fully saturated rings. The SMILES string of the molecule is O=Cc1cc(N2CCN(CC3CC3)CC2)ccc1[N+](=O)[O-]. The molecule has 21 heavy (non-hydrogen) atoms. The minimum Gasteiger partial charge on any atom is -0.369 e. The maximum atomic E-state index is 11.0. The molecule has 1 aromatic rings. The zero-order valence-corrected chi connectivity index (χ0v) is 11.9. The molecule has 1 saturated carbocycles. The second kappa shape index (κ2) is 5.81. The molecule has 0 radical (unpaired) electrons. The Kier molecular flexibility index (Phi) is 3.88. The first-order chi connectivity index (χ1) is 10.2. The first-order valence-electron chi connectivity index (χ1n) is 7.38. The first kappa shape index (κ1) is 14.0. The summed E-state index contributed by atoms with van der Waals surface area (Å²) >= 11 is 0. The third-order valence-electron chi connectivity index (χ3n) is 4.29. The molecule has 0 bridgehead atoms. The van der Waals surface area contributed by atoms with E-state index in [2.05, 4.69) is 9.80 Å². The lowest BCUT2D eigenvalue weighted by Gasteiger charge is -2.36. The summed E-state index contributed by atoms with van der Waals surface area (Å²) in [6.45, 7) is 5.05. The molecule has 3 rings (SSSR count). The number of nitro groups is 1. The summed E-state index contributed by atoms with van der Waals surface area (Å²) in [5.74, 6) is 0.901. The monoisotopic (exact) mass is 289 g/mol. The fourth-order valence-corrected chi connectivity index (χ4v) is 2.85. The highest BCUT2D eigenvalue weighted by Gasteiger charge is 2.26. The highest BCUT2D eigenvalue weighted by molar-refractivity contribution is 5.83. The molecule has 0 aromatic heterocycles. The summed E-state index contributed by atoms with van der Waals surface area (Å²) < 4.78 is 0. The van der Waals surface area contributed by atoms with Crippen LogP contribution in [0.25, 0.3) is 0 Å². The van der Waals surface area contributed by atoms with Crippen LogP contribution < -0.4 is 4.90 Å². The van der Waals surface area contributed by atoms with Crippen LogP contribution in [0.2, 0.25) is 0 Å². The van der Waals surface area contributed by atoms with Crippen molar-refractivity contribution in [2.24, 2.45) is 5.92 Å². The molecule has 1 aromatic carbocycles. The number of carbonyl (C=O) groups is 1. The van der Waals surface area contributed by atoms with Gasteiger partial charge in [-0.05, 0) is 30.9 Å². The van der Waals surface area contributed by atoms with E-state index in [0.29, 0.717) is 6.29 Å². The molecular weight excluding hydrogens is 270 g/mol. The zero-order valence-electron chi connectivity index (χ0n) is 11.9. The second-order valence-corrected chi connectivity index (χ2v) is 5.85. The van der Waals surface area contributed by atoms with Gasteiger partial charge in [0.2, 0.25) is 0 Å². The molecule has 1 saturated heterocycles. The van der Waals surface area contributed by atoms with Gasteiger partial charge in [0, 0.05) is 44.5 Å². The lowest BCUT2D eigenvalue weighted by Crippen LogP contribution is -2.47. The van der Waals surface area contributed by atoms with Gasteiger partial charge in [-0.2, -0.15) is 0 Å². The number of nitrogens with zero attached hydrogens (tertiary/aromatic N) is 3. The molecule has 0 amide bonds. The van der Waals surface area contributed by atoms with Crippen LogP contribution in [-0.4, -0.2) is 48.8 Å². The molecule has 0 N–H and O–H groups in total. The Morgan fingerprint density at radius 2 is 1.95 bits per heavy atom. The number of benzene rings is 1. The second-order valence-electron chi connectivity index (χ2n) is 5.85. The van der Waals surface area contributed by atoms with Gasteiger partial charge in [0.15, 0.2) is 6.29 Å². The number of hydrogen-bond donors (Lipinski definition) is 0. The van der Waals surface area contributed by atoms with Gasteiger partial charge < -0.3 is 4.90 Å². The molecule has 112 valence electrons. The van der Waals surface area contributed by atoms with E-state index < -0.39 is 4.92 Å². The first-order valence-corrected chi connectivity index (χ1v) is 7.38. The Morgan fingerprint density at radius 3 is 2.52 bits per heavy atom. The number of hydrogen-bond acceptors (Lipinski definition) is 5. The molecule has 6 nitrogen and oxygen atoms in total. The number of anilines is 1. The quantitative estimate of drug-likeness (QED) is 0.471. The van der Waals surface area contributed by atoms with E-state index in [0.717, 1.165) is 37.8 Å². The summed E-state index contributed by atoms with van der Waals surface area (Å²) in [5.41, 5.74) is 0.924. The van der Waals surface area contributed by atoms with E-state index in [9.17, 15) is 14.9 Å². The van der Waals surface area contributed by atoms with Gasteiger partial charge in [-0.25, -0.2) is 0 Å². The average Bonchev–Trinajstić information content (AvgIpc) is 3.31. The van der Waals surface area contributed by atoms with Crippen molar-refractivity contribution < 1.29 is 9.72 Å². The third-order valence-corrected chi connectivity index (χ3v) is 4.29. The van der Waals surface area contributed by atoms with Crippen LogP contribution in [-0.2, 0) is 0 Å². The fraction of sp³-hybridized carbons (Fsp3) is 0.533. The van der Waals surface area contributed by atoms with Gasteiger partial charge in [0.1, 0.15) is 0 Å². The van der Waals surface area contributed by atoms with Gasteiger partial charge in [-0.1, -0.05) is 0 Å². The topological polar surface area (TPSA) is 66.7 Å². The third kappa shape index (κ3) is 3.21. The number of nitro benzene ring substituents is 1. The van der Waals surface area contributed by atoms with E-state index in [4.69, 9.17) is 0 Å². The Labute approximate surface area is 123 Å². The Balaban J connectivity index is 1.67. The van der Waals surface area contributed by atoms with Crippen molar-refractivity contribution in [3.05, 3.63) is 33.9 Å². The number of aldehydes is 1. The summed E-state index contributed by atoms with van der Waals surface area (Å²) in [4.78, 5) is 26.0. The van der Waals surface area contributed by atoms with Crippen LogP contribution >= 0.6 is 0 Å². The molecule has 1 aliphatic carbocycles. The van der Waals surface area contributed by atoms with Gasteiger partial charge in [0.05, 0.1) is 10.5 Å². The number of carbonyl (C=O) groups excluding carboxylic acids is 1. The van der Waals surface area contributed by atoms with Crippen LogP contribution in [0.1, 0.15) is 23.2 Å². The predicted octanol–water partition coefficient (Wildman–Crippen LogP) is 1.94. The Hall–Kier alpha value is -1.95.